The lowest BCUT2D eigenvalue weighted by molar-refractivity contribution is -0.113. The minimum absolute atomic E-state index is 0.00638. The van der Waals surface area contributed by atoms with Gasteiger partial charge in [-0.05, 0) is 50.3 Å². The Morgan fingerprint density at radius 3 is 2.75 bits per heavy atom. The first kappa shape index (κ1) is 20.9. The molecule has 0 radical (unpaired) electrons. The smallest absolute Gasteiger partial charge is 0.234 e. The highest BCUT2D eigenvalue weighted by molar-refractivity contribution is 7.99. The highest BCUT2D eigenvalue weighted by Gasteiger charge is 2.17. The Balaban J connectivity index is 1.54. The van der Waals surface area contributed by atoms with Crippen LogP contribution in [0, 0.1) is 19.8 Å². The zero-order valence-corrected chi connectivity index (χ0v) is 18.1. The van der Waals surface area contributed by atoms with Gasteiger partial charge < -0.3 is 9.88 Å². The third-order valence-electron chi connectivity index (χ3n) is 5.82. The summed E-state index contributed by atoms with van der Waals surface area (Å²) in [5.41, 5.74) is 3.18. The molecule has 0 saturated heterocycles. The zero-order chi connectivity index (χ0) is 19.9. The molecule has 2 aromatic rings. The van der Waals surface area contributed by atoms with Crippen LogP contribution in [-0.4, -0.2) is 26.4 Å². The molecule has 1 aromatic heterocycles. The monoisotopic (exact) mass is 400 g/mol. The molecule has 3 rings (SSSR count). The molecule has 1 aliphatic rings. The van der Waals surface area contributed by atoms with Gasteiger partial charge in [0.1, 0.15) is 5.82 Å². The summed E-state index contributed by atoms with van der Waals surface area (Å²) in [6.07, 6.45) is 9.06. The number of nitrogens with one attached hydrogen (secondary N) is 1. The van der Waals surface area contributed by atoms with E-state index in [0.717, 1.165) is 41.1 Å². The zero-order valence-electron chi connectivity index (χ0n) is 17.3. The first-order valence-corrected chi connectivity index (χ1v) is 11.5. The van der Waals surface area contributed by atoms with Gasteiger partial charge in [0.2, 0.25) is 5.91 Å². The third-order valence-corrected chi connectivity index (χ3v) is 6.79. The number of thioether (sulfide) groups is 1. The molecule has 28 heavy (non-hydrogen) atoms. The van der Waals surface area contributed by atoms with Crippen LogP contribution < -0.4 is 5.32 Å². The van der Waals surface area contributed by atoms with E-state index in [1.165, 1.54) is 55.9 Å². The predicted molar refractivity (Wildman–Crippen MR) is 116 cm³/mol. The fourth-order valence-corrected chi connectivity index (χ4v) is 4.76. The molecule has 0 aliphatic heterocycles. The summed E-state index contributed by atoms with van der Waals surface area (Å²) in [5.74, 6) is 2.24. The Morgan fingerprint density at radius 2 is 2.00 bits per heavy atom. The number of aromatic nitrogens is 3. The van der Waals surface area contributed by atoms with Gasteiger partial charge in [-0.2, -0.15) is 0 Å². The minimum atomic E-state index is -0.00638. The van der Waals surface area contributed by atoms with Crippen molar-refractivity contribution in [3.05, 3.63) is 35.2 Å². The molecule has 152 valence electrons. The second kappa shape index (κ2) is 10.1. The van der Waals surface area contributed by atoms with Crippen molar-refractivity contribution in [1.82, 2.24) is 14.8 Å². The highest BCUT2D eigenvalue weighted by Crippen LogP contribution is 2.28. The van der Waals surface area contributed by atoms with Crippen LogP contribution in [0.5, 0.6) is 0 Å². The number of hydrogen-bond donors (Lipinski definition) is 1. The molecule has 1 amide bonds. The maximum atomic E-state index is 12.4. The molecule has 6 heteroatoms. The van der Waals surface area contributed by atoms with Crippen molar-refractivity contribution < 1.29 is 4.79 Å². The maximum absolute atomic E-state index is 12.4. The Kier molecular flexibility index (Phi) is 7.54. The Hall–Kier alpha value is -1.82. The summed E-state index contributed by atoms with van der Waals surface area (Å²) in [4.78, 5) is 12.4. The average molecular weight is 401 g/mol. The molecule has 1 heterocycles. The van der Waals surface area contributed by atoms with Gasteiger partial charge >= 0.3 is 0 Å². The van der Waals surface area contributed by atoms with Crippen molar-refractivity contribution in [2.45, 2.75) is 77.4 Å². The second-order valence-electron chi connectivity index (χ2n) is 7.77. The van der Waals surface area contributed by atoms with E-state index in [-0.39, 0.29) is 5.91 Å². The second-order valence-corrected chi connectivity index (χ2v) is 8.71. The summed E-state index contributed by atoms with van der Waals surface area (Å²) in [6, 6.07) is 5.97. The quantitative estimate of drug-likeness (QED) is 0.622. The normalized spacial score (nSPS) is 15.0. The number of nitrogens with zero attached hydrogens (tertiary/aromatic N) is 3. The number of amides is 1. The first-order chi connectivity index (χ1) is 13.6. The van der Waals surface area contributed by atoms with Crippen LogP contribution in [0.2, 0.25) is 0 Å². The summed E-state index contributed by atoms with van der Waals surface area (Å²) in [7, 11) is 0. The van der Waals surface area contributed by atoms with E-state index >= 15 is 0 Å². The van der Waals surface area contributed by atoms with Crippen LogP contribution in [0.4, 0.5) is 5.69 Å². The Bertz CT molecular complexity index is 796. The standard InChI is InChI=1S/C22H32N4OS/c1-4-26-20(14-13-18-10-6-5-7-11-18)24-25-22(26)28-15-21(27)23-19-12-8-9-16(2)17(19)3/h8-9,12,18H,4-7,10-11,13-15H2,1-3H3,(H,23,27). The van der Waals surface area contributed by atoms with Gasteiger partial charge in [-0.3, -0.25) is 4.79 Å². The summed E-state index contributed by atoms with van der Waals surface area (Å²) < 4.78 is 2.17. The van der Waals surface area contributed by atoms with Crippen LogP contribution in [0.3, 0.4) is 0 Å². The molecule has 1 N–H and O–H groups in total. The van der Waals surface area contributed by atoms with Gasteiger partial charge in [-0.15, -0.1) is 10.2 Å². The van der Waals surface area contributed by atoms with Gasteiger partial charge in [0.05, 0.1) is 5.75 Å². The molecule has 0 atom stereocenters. The lowest BCUT2D eigenvalue weighted by atomic mass is 9.86. The molecule has 1 fully saturated rings. The van der Waals surface area contributed by atoms with E-state index in [9.17, 15) is 4.79 Å². The van der Waals surface area contributed by atoms with E-state index in [1.54, 1.807) is 0 Å². The molecule has 0 unspecified atom stereocenters. The fourth-order valence-electron chi connectivity index (χ4n) is 3.94. The van der Waals surface area contributed by atoms with Crippen LogP contribution in [0.1, 0.15) is 62.4 Å². The largest absolute Gasteiger partial charge is 0.325 e. The van der Waals surface area contributed by atoms with Crippen LogP contribution in [-0.2, 0) is 17.8 Å². The van der Waals surface area contributed by atoms with Gasteiger partial charge in [0.15, 0.2) is 5.16 Å². The van der Waals surface area contributed by atoms with Crippen LogP contribution in [0.25, 0.3) is 0 Å². The van der Waals surface area contributed by atoms with E-state index < -0.39 is 0 Å². The molecular formula is C22H32N4OS. The van der Waals surface area contributed by atoms with Crippen molar-refractivity contribution in [2.75, 3.05) is 11.1 Å². The van der Waals surface area contributed by atoms with Crippen molar-refractivity contribution in [1.29, 1.82) is 0 Å². The summed E-state index contributed by atoms with van der Waals surface area (Å²) in [5, 5.41) is 12.6. The lowest BCUT2D eigenvalue weighted by Crippen LogP contribution is -2.16. The summed E-state index contributed by atoms with van der Waals surface area (Å²) in [6.45, 7) is 7.05. The number of anilines is 1. The number of benzene rings is 1. The van der Waals surface area contributed by atoms with Crippen molar-refractivity contribution in [2.24, 2.45) is 5.92 Å². The lowest BCUT2D eigenvalue weighted by Gasteiger charge is -2.21. The van der Waals surface area contributed by atoms with E-state index in [1.807, 2.05) is 19.1 Å². The number of aryl methyl sites for hydroxylation is 2. The topological polar surface area (TPSA) is 59.8 Å². The highest BCUT2D eigenvalue weighted by atomic mass is 32.2. The number of rotatable bonds is 8. The van der Waals surface area contributed by atoms with E-state index in [2.05, 4.69) is 40.0 Å². The molecule has 0 spiro atoms. The van der Waals surface area contributed by atoms with E-state index in [4.69, 9.17) is 0 Å². The number of carbonyl (C=O) groups is 1. The molecule has 5 nitrogen and oxygen atoms in total. The SMILES string of the molecule is CCn1c(CCC2CCCCC2)nnc1SCC(=O)Nc1cccc(C)c1C. The van der Waals surface area contributed by atoms with Crippen molar-refractivity contribution in [3.8, 4) is 0 Å². The number of hydrogen-bond acceptors (Lipinski definition) is 4. The van der Waals surface area contributed by atoms with Gasteiger partial charge in [-0.1, -0.05) is 56.0 Å². The molecular weight excluding hydrogens is 368 g/mol. The third kappa shape index (κ3) is 5.37. The van der Waals surface area contributed by atoms with E-state index in [0.29, 0.717) is 5.75 Å². The average Bonchev–Trinajstić information content (AvgIpc) is 3.11. The van der Waals surface area contributed by atoms with Gasteiger partial charge in [-0.25, -0.2) is 0 Å². The fraction of sp³-hybridized carbons (Fsp3) is 0.591. The minimum Gasteiger partial charge on any atom is -0.325 e. The molecule has 1 aromatic carbocycles. The van der Waals surface area contributed by atoms with Crippen molar-refractivity contribution >= 4 is 23.4 Å². The summed E-state index contributed by atoms with van der Waals surface area (Å²) >= 11 is 1.47. The Morgan fingerprint density at radius 1 is 1.21 bits per heavy atom. The molecule has 0 bridgehead atoms. The Labute approximate surface area is 172 Å². The van der Waals surface area contributed by atoms with Gasteiger partial charge in [0.25, 0.3) is 0 Å². The maximum Gasteiger partial charge on any atom is 0.234 e. The molecule has 1 saturated carbocycles. The van der Waals surface area contributed by atoms with Crippen molar-refractivity contribution in [3.63, 3.8) is 0 Å². The van der Waals surface area contributed by atoms with Crippen LogP contribution in [0.15, 0.2) is 23.4 Å². The van der Waals surface area contributed by atoms with Gasteiger partial charge in [0, 0.05) is 18.7 Å². The first-order valence-electron chi connectivity index (χ1n) is 10.5. The van der Waals surface area contributed by atoms with Crippen LogP contribution >= 0.6 is 11.8 Å². The number of carbonyl (C=O) groups excluding carboxylic acids is 1. The molecule has 1 aliphatic carbocycles. The predicted octanol–water partition coefficient (Wildman–Crippen LogP) is 5.16.